The fourth-order valence-electron chi connectivity index (χ4n) is 1.08. The molecule has 0 atom stereocenters. The molecule has 0 radical (unpaired) electrons. The van der Waals surface area contributed by atoms with Crippen LogP contribution in [0.25, 0.3) is 0 Å². The van der Waals surface area contributed by atoms with Gasteiger partial charge in [-0.2, -0.15) is 0 Å². The largest absolute Gasteiger partial charge is 0.480 e. The molecule has 6 nitrogen and oxygen atoms in total. The molecule has 6 heteroatoms. The average molecular weight is 198 g/mol. The lowest BCUT2D eigenvalue weighted by Crippen LogP contribution is -2.24. The number of hydrogen-bond acceptors (Lipinski definition) is 4. The highest BCUT2D eigenvalue weighted by molar-refractivity contribution is 5.66. The monoisotopic (exact) mass is 198 g/mol. The summed E-state index contributed by atoms with van der Waals surface area (Å²) >= 11 is 0. The molecule has 1 aromatic rings. The summed E-state index contributed by atoms with van der Waals surface area (Å²) < 4.78 is 1.33. The van der Waals surface area contributed by atoms with Crippen molar-refractivity contribution >= 4 is 5.97 Å². The van der Waals surface area contributed by atoms with E-state index in [1.54, 1.807) is 0 Å². The van der Waals surface area contributed by atoms with Crippen molar-refractivity contribution in [2.24, 2.45) is 0 Å². The predicted octanol–water partition coefficient (Wildman–Crippen LogP) is 0.445. The summed E-state index contributed by atoms with van der Waals surface area (Å²) in [5.74, 6) is -0.326. The first-order valence-corrected chi connectivity index (χ1v) is 4.46. The van der Waals surface area contributed by atoms with Crippen LogP contribution in [0.15, 0.2) is 0 Å². The highest BCUT2D eigenvalue weighted by atomic mass is 16.4. The quantitative estimate of drug-likeness (QED) is 0.759. The Morgan fingerprint density at radius 1 is 1.57 bits per heavy atom. The first-order chi connectivity index (χ1) is 6.47. The van der Waals surface area contributed by atoms with E-state index >= 15 is 0 Å². The number of hydrogen-bond donors (Lipinski definition) is 1. The molecule has 0 aliphatic heterocycles. The molecule has 0 aliphatic rings. The third-order valence-corrected chi connectivity index (χ3v) is 2.31. The Bertz CT molecular complexity index is 332. The number of nitrogens with zero attached hydrogens (tertiary/aromatic N) is 4. The van der Waals surface area contributed by atoms with Crippen LogP contribution in [0.2, 0.25) is 0 Å². The fourth-order valence-corrected chi connectivity index (χ4v) is 1.08. The molecule has 0 spiro atoms. The summed E-state index contributed by atoms with van der Waals surface area (Å²) in [6.45, 7) is 5.79. The van der Waals surface area contributed by atoms with Gasteiger partial charge < -0.3 is 5.11 Å². The van der Waals surface area contributed by atoms with Crippen LogP contribution in [0, 0.1) is 0 Å². The van der Waals surface area contributed by atoms with Crippen LogP contribution in [-0.2, 0) is 16.8 Å². The highest BCUT2D eigenvalue weighted by Gasteiger charge is 2.26. The molecule has 1 aromatic heterocycles. The van der Waals surface area contributed by atoms with Crippen molar-refractivity contribution < 1.29 is 9.90 Å². The lowest BCUT2D eigenvalue weighted by Gasteiger charge is -2.20. The van der Waals surface area contributed by atoms with Gasteiger partial charge in [0.25, 0.3) is 0 Å². The van der Waals surface area contributed by atoms with Crippen LogP contribution in [0.5, 0.6) is 0 Å². The van der Waals surface area contributed by atoms with Gasteiger partial charge in [0.1, 0.15) is 6.54 Å². The minimum atomic E-state index is -0.939. The van der Waals surface area contributed by atoms with Crippen LogP contribution in [0.4, 0.5) is 0 Å². The van der Waals surface area contributed by atoms with E-state index in [0.717, 1.165) is 6.42 Å². The van der Waals surface area contributed by atoms with Crippen molar-refractivity contribution in [1.29, 1.82) is 0 Å². The molecular weight excluding hydrogens is 184 g/mol. The highest BCUT2D eigenvalue weighted by Crippen LogP contribution is 2.23. The molecule has 0 unspecified atom stereocenters. The van der Waals surface area contributed by atoms with Crippen LogP contribution in [-0.4, -0.2) is 31.3 Å². The summed E-state index contributed by atoms with van der Waals surface area (Å²) in [5, 5.41) is 19.6. The fraction of sp³-hybridized carbons (Fsp3) is 0.750. The molecule has 1 rings (SSSR count). The van der Waals surface area contributed by atoms with Crippen molar-refractivity contribution in [3.05, 3.63) is 5.82 Å². The van der Waals surface area contributed by atoms with Crippen molar-refractivity contribution in [3.63, 3.8) is 0 Å². The second kappa shape index (κ2) is 3.73. The minimum absolute atomic E-state index is 0.189. The van der Waals surface area contributed by atoms with Gasteiger partial charge in [-0.3, -0.25) is 4.79 Å². The maximum absolute atomic E-state index is 10.5. The summed E-state index contributed by atoms with van der Waals surface area (Å²) in [6, 6.07) is 0. The van der Waals surface area contributed by atoms with Crippen LogP contribution < -0.4 is 0 Å². The molecule has 0 aliphatic carbocycles. The van der Waals surface area contributed by atoms with E-state index in [1.165, 1.54) is 4.68 Å². The minimum Gasteiger partial charge on any atom is -0.480 e. The maximum Gasteiger partial charge on any atom is 0.325 e. The maximum atomic E-state index is 10.5. The van der Waals surface area contributed by atoms with E-state index in [4.69, 9.17) is 5.11 Å². The molecule has 1 heterocycles. The molecule has 1 N–H and O–H groups in total. The smallest absolute Gasteiger partial charge is 0.325 e. The number of carboxylic acids is 1. The Morgan fingerprint density at radius 2 is 2.21 bits per heavy atom. The normalized spacial score (nSPS) is 11.6. The van der Waals surface area contributed by atoms with Gasteiger partial charge in [0.15, 0.2) is 5.82 Å². The number of aliphatic carboxylic acids is 1. The van der Waals surface area contributed by atoms with Gasteiger partial charge in [0.05, 0.1) is 0 Å². The third kappa shape index (κ3) is 2.07. The summed E-state index contributed by atoms with van der Waals surface area (Å²) in [4.78, 5) is 10.5. The standard InChI is InChI=1S/C8H14N4O2/c1-4-8(2,3)7-9-10-11-12(7)5-6(13)14/h4-5H2,1-3H3,(H,13,14). The summed E-state index contributed by atoms with van der Waals surface area (Å²) in [6.07, 6.45) is 0.854. The van der Waals surface area contributed by atoms with E-state index in [9.17, 15) is 4.79 Å². The topological polar surface area (TPSA) is 80.9 Å². The predicted molar refractivity (Wildman–Crippen MR) is 48.8 cm³/mol. The first kappa shape index (κ1) is 10.6. The second-order valence-corrected chi connectivity index (χ2v) is 3.79. The number of tetrazole rings is 1. The Kier molecular flexibility index (Phi) is 2.83. The number of aromatic nitrogens is 4. The Labute approximate surface area is 81.9 Å². The molecule has 14 heavy (non-hydrogen) atoms. The van der Waals surface area contributed by atoms with E-state index < -0.39 is 5.97 Å². The van der Waals surface area contributed by atoms with E-state index in [-0.39, 0.29) is 12.0 Å². The zero-order valence-corrected chi connectivity index (χ0v) is 8.56. The zero-order chi connectivity index (χ0) is 10.8. The van der Waals surface area contributed by atoms with Crippen molar-refractivity contribution in [3.8, 4) is 0 Å². The van der Waals surface area contributed by atoms with Crippen LogP contribution in [0.3, 0.4) is 0 Å². The Balaban J connectivity index is 2.98. The van der Waals surface area contributed by atoms with E-state index in [1.807, 2.05) is 20.8 Å². The van der Waals surface area contributed by atoms with Gasteiger partial charge in [0, 0.05) is 5.41 Å². The Hall–Kier alpha value is -1.46. The number of carbonyl (C=O) groups is 1. The Morgan fingerprint density at radius 3 is 2.71 bits per heavy atom. The molecule has 0 saturated carbocycles. The van der Waals surface area contributed by atoms with Crippen molar-refractivity contribution in [2.75, 3.05) is 0 Å². The second-order valence-electron chi connectivity index (χ2n) is 3.79. The molecule has 0 amide bonds. The van der Waals surface area contributed by atoms with Crippen LogP contribution in [0.1, 0.15) is 33.0 Å². The SMILES string of the molecule is CCC(C)(C)c1nnnn1CC(=O)O. The molecule has 0 saturated heterocycles. The number of rotatable bonds is 4. The summed E-state index contributed by atoms with van der Waals surface area (Å²) in [5.41, 5.74) is -0.195. The first-order valence-electron chi connectivity index (χ1n) is 4.46. The summed E-state index contributed by atoms with van der Waals surface area (Å²) in [7, 11) is 0. The molecule has 0 aromatic carbocycles. The van der Waals surface area contributed by atoms with E-state index in [2.05, 4.69) is 15.5 Å². The molecule has 0 bridgehead atoms. The lowest BCUT2D eigenvalue weighted by atomic mass is 9.89. The van der Waals surface area contributed by atoms with Gasteiger partial charge in [-0.05, 0) is 16.8 Å². The van der Waals surface area contributed by atoms with Gasteiger partial charge in [-0.1, -0.05) is 20.8 Å². The molecular formula is C8H14N4O2. The zero-order valence-electron chi connectivity index (χ0n) is 8.56. The van der Waals surface area contributed by atoms with Crippen LogP contribution >= 0.6 is 0 Å². The van der Waals surface area contributed by atoms with Gasteiger partial charge >= 0.3 is 5.97 Å². The lowest BCUT2D eigenvalue weighted by molar-refractivity contribution is -0.138. The van der Waals surface area contributed by atoms with Crippen molar-refractivity contribution in [2.45, 2.75) is 39.2 Å². The van der Waals surface area contributed by atoms with E-state index in [0.29, 0.717) is 5.82 Å². The molecule has 0 fully saturated rings. The third-order valence-electron chi connectivity index (χ3n) is 2.31. The van der Waals surface area contributed by atoms with Gasteiger partial charge in [0.2, 0.25) is 0 Å². The molecule has 78 valence electrons. The van der Waals surface area contributed by atoms with Crippen molar-refractivity contribution in [1.82, 2.24) is 20.2 Å². The van der Waals surface area contributed by atoms with Gasteiger partial charge in [-0.15, -0.1) is 5.10 Å². The van der Waals surface area contributed by atoms with Gasteiger partial charge in [-0.25, -0.2) is 4.68 Å². The number of carboxylic acid groups (broad SMARTS) is 1. The average Bonchev–Trinajstić information content (AvgIpc) is 2.52.